The van der Waals surface area contributed by atoms with Gasteiger partial charge in [0.05, 0.1) is 18.7 Å². The molecule has 152 valence electrons. The van der Waals surface area contributed by atoms with Gasteiger partial charge in [-0.3, -0.25) is 9.59 Å². The zero-order valence-electron chi connectivity index (χ0n) is 15.6. The van der Waals surface area contributed by atoms with E-state index in [0.29, 0.717) is 26.9 Å². The molecular weight excluding hydrogens is 489 g/mol. The molecule has 0 aliphatic carbocycles. The predicted octanol–water partition coefficient (Wildman–Crippen LogP) is 5.76. The summed E-state index contributed by atoms with van der Waals surface area (Å²) in [6.07, 6.45) is -0.394. The van der Waals surface area contributed by atoms with E-state index in [9.17, 15) is 14.7 Å². The van der Waals surface area contributed by atoms with Crippen molar-refractivity contribution in [3.05, 3.63) is 97.9 Å². The molecule has 3 aromatic rings. The molecule has 0 aromatic heterocycles. The van der Waals surface area contributed by atoms with E-state index in [2.05, 4.69) is 15.9 Å². The summed E-state index contributed by atoms with van der Waals surface area (Å²) in [5, 5.41) is 12.3. The van der Waals surface area contributed by atoms with Crippen LogP contribution in [0.25, 0.3) is 0 Å². The molecule has 0 saturated heterocycles. The first-order chi connectivity index (χ1) is 14.3. The second kappa shape index (κ2) is 8.16. The summed E-state index contributed by atoms with van der Waals surface area (Å²) in [7, 11) is 0. The summed E-state index contributed by atoms with van der Waals surface area (Å²) >= 11 is 15.8. The smallest absolute Gasteiger partial charge is 0.264 e. The lowest BCUT2D eigenvalue weighted by atomic mass is 9.88. The average molecular weight is 505 g/mol. The van der Waals surface area contributed by atoms with E-state index in [1.165, 1.54) is 11.0 Å². The van der Waals surface area contributed by atoms with Crippen molar-refractivity contribution in [2.45, 2.75) is 18.6 Å². The zero-order valence-corrected chi connectivity index (χ0v) is 18.7. The van der Waals surface area contributed by atoms with Crippen LogP contribution in [0.4, 0.5) is 5.69 Å². The largest absolute Gasteiger partial charge is 0.375 e. The number of Topliss-reactive ketones (excluding diaryl/α,β-unsaturated/α-hetero) is 1. The van der Waals surface area contributed by atoms with E-state index in [-0.39, 0.29) is 12.3 Å². The van der Waals surface area contributed by atoms with Crippen molar-refractivity contribution in [1.29, 1.82) is 0 Å². The average Bonchev–Trinajstić information content (AvgIpc) is 2.91. The first-order valence-electron chi connectivity index (χ1n) is 9.16. The van der Waals surface area contributed by atoms with E-state index in [4.69, 9.17) is 23.2 Å². The number of hydrogen-bond acceptors (Lipinski definition) is 3. The Hall–Kier alpha value is -2.18. The molecule has 7 heteroatoms. The number of amides is 1. The van der Waals surface area contributed by atoms with E-state index in [1.807, 2.05) is 12.1 Å². The molecule has 0 bridgehead atoms. The second-order valence-corrected chi connectivity index (χ2v) is 8.87. The highest BCUT2D eigenvalue weighted by molar-refractivity contribution is 9.10. The molecule has 0 fully saturated rings. The molecule has 1 aliphatic heterocycles. The number of fused-ring (bicyclic) bond motifs is 1. The number of nitrogens with zero attached hydrogens (tertiary/aromatic N) is 1. The highest BCUT2D eigenvalue weighted by Gasteiger charge is 2.51. The number of benzene rings is 3. The van der Waals surface area contributed by atoms with Crippen molar-refractivity contribution in [2.75, 3.05) is 4.90 Å². The van der Waals surface area contributed by atoms with Crippen molar-refractivity contribution in [1.82, 2.24) is 0 Å². The molecule has 4 rings (SSSR count). The maximum atomic E-state index is 13.4. The Bertz CT molecular complexity index is 1170. The van der Waals surface area contributed by atoms with Gasteiger partial charge in [0.2, 0.25) is 0 Å². The Morgan fingerprint density at radius 3 is 2.53 bits per heavy atom. The summed E-state index contributed by atoms with van der Waals surface area (Å²) in [6.45, 7) is 0.167. The van der Waals surface area contributed by atoms with Crippen LogP contribution in [-0.4, -0.2) is 16.8 Å². The highest BCUT2D eigenvalue weighted by Crippen LogP contribution is 2.45. The minimum Gasteiger partial charge on any atom is -0.375 e. The van der Waals surface area contributed by atoms with E-state index < -0.39 is 17.9 Å². The fourth-order valence-corrected chi connectivity index (χ4v) is 4.41. The predicted molar refractivity (Wildman–Crippen MR) is 121 cm³/mol. The lowest BCUT2D eigenvalue weighted by Crippen LogP contribution is -2.41. The van der Waals surface area contributed by atoms with Gasteiger partial charge in [-0.2, -0.15) is 0 Å². The SMILES string of the molecule is O=C(CC1(O)C(=O)N(Cc2ccccc2Cl)c2ccc(Cl)cc21)c1cccc(Br)c1. The molecule has 1 N–H and O–H groups in total. The van der Waals surface area contributed by atoms with Crippen LogP contribution in [0.5, 0.6) is 0 Å². The quantitative estimate of drug-likeness (QED) is 0.449. The van der Waals surface area contributed by atoms with Crippen LogP contribution in [0.1, 0.15) is 27.9 Å². The third-order valence-electron chi connectivity index (χ3n) is 5.14. The summed E-state index contributed by atoms with van der Waals surface area (Å²) in [5.41, 5.74) is -0.0556. The molecule has 0 radical (unpaired) electrons. The van der Waals surface area contributed by atoms with Crippen molar-refractivity contribution in [3.63, 3.8) is 0 Å². The van der Waals surface area contributed by atoms with Gasteiger partial charge in [-0.05, 0) is 42.0 Å². The van der Waals surface area contributed by atoms with Crippen LogP contribution in [0.15, 0.2) is 71.2 Å². The highest BCUT2D eigenvalue weighted by atomic mass is 79.9. The van der Waals surface area contributed by atoms with Crippen molar-refractivity contribution in [2.24, 2.45) is 0 Å². The third kappa shape index (κ3) is 3.79. The summed E-state index contributed by atoms with van der Waals surface area (Å²) in [4.78, 5) is 27.7. The summed E-state index contributed by atoms with van der Waals surface area (Å²) in [5.74, 6) is -0.930. The van der Waals surface area contributed by atoms with Crippen LogP contribution in [0.3, 0.4) is 0 Å². The number of carbonyl (C=O) groups is 2. The van der Waals surface area contributed by atoms with Gasteiger partial charge in [0, 0.05) is 25.6 Å². The fraction of sp³-hybridized carbons (Fsp3) is 0.130. The maximum absolute atomic E-state index is 13.4. The minimum absolute atomic E-state index is 0.167. The molecule has 30 heavy (non-hydrogen) atoms. The monoisotopic (exact) mass is 503 g/mol. The van der Waals surface area contributed by atoms with Gasteiger partial charge in [0.1, 0.15) is 0 Å². The molecule has 0 spiro atoms. The number of rotatable bonds is 5. The minimum atomic E-state index is -2.01. The molecule has 1 heterocycles. The lowest BCUT2D eigenvalue weighted by molar-refractivity contribution is -0.136. The van der Waals surface area contributed by atoms with Gasteiger partial charge in [0.25, 0.3) is 5.91 Å². The third-order valence-corrected chi connectivity index (χ3v) is 6.24. The molecule has 4 nitrogen and oxygen atoms in total. The van der Waals surface area contributed by atoms with Crippen LogP contribution in [-0.2, 0) is 16.9 Å². The van der Waals surface area contributed by atoms with Crippen LogP contribution < -0.4 is 4.90 Å². The number of carbonyl (C=O) groups excluding carboxylic acids is 2. The summed E-state index contributed by atoms with van der Waals surface area (Å²) in [6, 6.07) is 18.9. The molecule has 0 saturated carbocycles. The zero-order chi connectivity index (χ0) is 21.5. The van der Waals surface area contributed by atoms with Gasteiger partial charge >= 0.3 is 0 Å². The van der Waals surface area contributed by atoms with Crippen LogP contribution in [0.2, 0.25) is 10.0 Å². The topological polar surface area (TPSA) is 57.6 Å². The molecular formula is C23H16BrCl2NO3. The second-order valence-electron chi connectivity index (χ2n) is 7.11. The first kappa shape index (κ1) is 21.1. The lowest BCUT2D eigenvalue weighted by Gasteiger charge is -2.23. The normalized spacial score (nSPS) is 17.9. The van der Waals surface area contributed by atoms with Gasteiger partial charge in [-0.15, -0.1) is 0 Å². The van der Waals surface area contributed by atoms with Crippen LogP contribution in [0, 0.1) is 0 Å². The molecule has 1 unspecified atom stereocenters. The Kier molecular flexibility index (Phi) is 5.73. The van der Waals surface area contributed by atoms with Gasteiger partial charge < -0.3 is 10.0 Å². The maximum Gasteiger partial charge on any atom is 0.264 e. The van der Waals surface area contributed by atoms with Gasteiger partial charge in [0.15, 0.2) is 11.4 Å². The number of halogens is 3. The van der Waals surface area contributed by atoms with Crippen molar-refractivity contribution < 1.29 is 14.7 Å². The Labute approximate surface area is 192 Å². The first-order valence-corrected chi connectivity index (χ1v) is 10.7. The number of ketones is 1. The van der Waals surface area contributed by atoms with Gasteiger partial charge in [-0.25, -0.2) is 0 Å². The number of anilines is 1. The molecule has 1 amide bonds. The van der Waals surface area contributed by atoms with E-state index in [0.717, 1.165) is 10.0 Å². The number of hydrogen-bond donors (Lipinski definition) is 1. The van der Waals surface area contributed by atoms with Gasteiger partial charge in [-0.1, -0.05) is 69.5 Å². The standard InChI is InChI=1S/C23H16BrCl2NO3/c24-16-6-3-5-14(10-16)21(28)12-23(30)18-11-17(25)8-9-20(18)27(22(23)29)13-15-4-1-2-7-19(15)26/h1-11,30H,12-13H2. The Balaban J connectivity index is 1.73. The Morgan fingerprint density at radius 2 is 1.80 bits per heavy atom. The fourth-order valence-electron chi connectivity index (χ4n) is 3.64. The van der Waals surface area contributed by atoms with E-state index in [1.54, 1.807) is 48.5 Å². The van der Waals surface area contributed by atoms with E-state index >= 15 is 0 Å². The number of aliphatic hydroxyl groups is 1. The Morgan fingerprint density at radius 1 is 1.03 bits per heavy atom. The molecule has 1 aliphatic rings. The summed E-state index contributed by atoms with van der Waals surface area (Å²) < 4.78 is 0.738. The van der Waals surface area contributed by atoms with Crippen LogP contribution >= 0.6 is 39.1 Å². The van der Waals surface area contributed by atoms with Crippen molar-refractivity contribution >= 4 is 56.5 Å². The molecule has 1 atom stereocenters. The van der Waals surface area contributed by atoms with Crippen molar-refractivity contribution in [3.8, 4) is 0 Å². The molecule has 3 aromatic carbocycles.